The lowest BCUT2D eigenvalue weighted by atomic mass is 10.2. The number of para-hydroxylation sites is 6. The fourth-order valence-electron chi connectivity index (χ4n) is 13.1. The van der Waals surface area contributed by atoms with Gasteiger partial charge in [0.25, 0.3) is 0 Å². The number of rotatable bonds is 72. The van der Waals surface area contributed by atoms with Crippen molar-refractivity contribution in [1.82, 2.24) is 0 Å². The van der Waals surface area contributed by atoms with Crippen LogP contribution in [0, 0.1) is 0 Å². The Labute approximate surface area is 731 Å². The normalized spacial score (nSPS) is 10.9. The van der Waals surface area contributed by atoms with Gasteiger partial charge in [-0.15, -0.1) is 0 Å². The Morgan fingerprint density at radius 3 is 0.260 bits per heavy atom. The molecule has 18 heteroatoms. The average Bonchev–Trinajstić information content (AvgIpc) is 0.879. The van der Waals surface area contributed by atoms with Crippen LogP contribution in [-0.4, -0.2) is 119 Å². The van der Waals surface area contributed by atoms with Crippen LogP contribution < -0.4 is 85.3 Å². The van der Waals surface area contributed by atoms with Crippen LogP contribution in [0.2, 0.25) is 0 Å². The Bertz CT molecular complexity index is 3620. The van der Waals surface area contributed by atoms with E-state index in [9.17, 15) is 0 Å². The molecule has 123 heavy (non-hydrogen) atoms. The van der Waals surface area contributed by atoms with E-state index in [4.69, 9.17) is 85.3 Å². The van der Waals surface area contributed by atoms with Crippen molar-refractivity contribution in [3.05, 3.63) is 255 Å². The van der Waals surface area contributed by atoms with E-state index in [1.807, 2.05) is 255 Å². The molecule has 0 aliphatic heterocycles. The van der Waals surface area contributed by atoms with Gasteiger partial charge in [0, 0.05) is 72.8 Å². The molecule has 0 heterocycles. The average molecular weight is 1680 g/mol. The highest BCUT2D eigenvalue weighted by Gasteiger charge is 2.13. The molecule has 0 N–H and O–H groups in total. The topological polar surface area (TPSA) is 166 Å². The van der Waals surface area contributed by atoms with Gasteiger partial charge >= 0.3 is 0 Å². The molecule has 18 nitrogen and oxygen atoms in total. The predicted octanol–water partition coefficient (Wildman–Crippen LogP) is 25.3. The van der Waals surface area contributed by atoms with Crippen molar-refractivity contribution in [2.45, 2.75) is 173 Å². The molecule has 0 radical (unpaired) electrons. The highest BCUT2D eigenvalue weighted by molar-refractivity contribution is 5.45. The molecule has 0 aromatic heterocycles. The molecule has 10 aromatic carbocycles. The van der Waals surface area contributed by atoms with Crippen LogP contribution in [-0.2, 0) is 0 Å². The van der Waals surface area contributed by atoms with Gasteiger partial charge in [0.15, 0.2) is 0 Å². The van der Waals surface area contributed by atoms with Crippen molar-refractivity contribution in [3.63, 3.8) is 0 Å². The maximum Gasteiger partial charge on any atom is 0.126 e. The van der Waals surface area contributed by atoms with E-state index in [1.165, 1.54) is 0 Å². The standard InChI is InChI=1S/C105H132O18/c1-16-46-88(47-17-1)106-58-28-7-34-64-112-94-76-95(113-65-35-8-29-59-107-89-48-18-2-19-49-89)80-100(79-94)118-70-40-13-43-73-121-103-85-104(122-74-44-14-41-71-119-101-81-96(114-66-36-9-30-60-108-90-50-20-3-21-51-90)77-97(82-101)115-67-37-10-31-61-109-91-52-22-4-23-53-91)87-105(86-103)123-75-45-15-42-72-120-102-83-98(116-68-38-11-32-62-110-92-54-24-5-25-55-92)78-99(84-102)117-69-39-12-33-63-111-93-56-26-6-27-57-93/h1-6,16-27,46-57,76-87H,7-15,28-45,58-75H2. The van der Waals surface area contributed by atoms with Crippen LogP contribution >= 0.6 is 0 Å². The van der Waals surface area contributed by atoms with Crippen LogP contribution in [0.1, 0.15) is 173 Å². The summed E-state index contributed by atoms with van der Waals surface area (Å²) in [6.07, 6.45) is 24.7. The summed E-state index contributed by atoms with van der Waals surface area (Å²) in [7, 11) is 0. The van der Waals surface area contributed by atoms with Crippen LogP contribution in [0.4, 0.5) is 0 Å². The molecule has 0 spiro atoms. The lowest BCUT2D eigenvalue weighted by Gasteiger charge is -2.15. The highest BCUT2D eigenvalue weighted by Crippen LogP contribution is 2.34. The van der Waals surface area contributed by atoms with Crippen LogP contribution in [0.25, 0.3) is 0 Å². The van der Waals surface area contributed by atoms with Gasteiger partial charge in [0.1, 0.15) is 103 Å². The van der Waals surface area contributed by atoms with E-state index in [2.05, 4.69) is 0 Å². The van der Waals surface area contributed by atoms with Crippen molar-refractivity contribution in [3.8, 4) is 103 Å². The van der Waals surface area contributed by atoms with Crippen molar-refractivity contribution >= 4 is 0 Å². The van der Waals surface area contributed by atoms with Crippen LogP contribution in [0.3, 0.4) is 0 Å². The summed E-state index contributed by atoms with van der Waals surface area (Å²) in [6, 6.07) is 83.2. The molecule has 660 valence electrons. The zero-order chi connectivity index (χ0) is 84.6. The largest absolute Gasteiger partial charge is 0.494 e. The molecule has 0 atom stereocenters. The first kappa shape index (κ1) is 93.9. The fourth-order valence-corrected chi connectivity index (χ4v) is 13.1. The third-order valence-corrected chi connectivity index (χ3v) is 19.8. The van der Waals surface area contributed by atoms with Gasteiger partial charge in [-0.25, -0.2) is 0 Å². The zero-order valence-corrected chi connectivity index (χ0v) is 72.4. The Kier molecular flexibility index (Phi) is 46.5. The molecule has 0 saturated heterocycles. The smallest absolute Gasteiger partial charge is 0.126 e. The van der Waals surface area contributed by atoms with Gasteiger partial charge in [-0.3, -0.25) is 0 Å². The van der Waals surface area contributed by atoms with Gasteiger partial charge in [-0.05, 0) is 246 Å². The summed E-state index contributed by atoms with van der Waals surface area (Å²) in [5.41, 5.74) is 0. The molecular formula is C105H132O18. The maximum atomic E-state index is 6.48. The molecule has 0 unspecified atom stereocenters. The van der Waals surface area contributed by atoms with Gasteiger partial charge in [-0.2, -0.15) is 0 Å². The lowest BCUT2D eigenvalue weighted by molar-refractivity contribution is 0.258. The first-order valence-corrected chi connectivity index (χ1v) is 45.3. The zero-order valence-electron chi connectivity index (χ0n) is 72.4. The highest BCUT2D eigenvalue weighted by atomic mass is 16.5. The van der Waals surface area contributed by atoms with Crippen LogP contribution in [0.5, 0.6) is 103 Å². The van der Waals surface area contributed by atoms with E-state index in [0.717, 1.165) is 260 Å². The Morgan fingerprint density at radius 1 is 0.0894 bits per heavy atom. The quantitative estimate of drug-likeness (QED) is 0.0330. The Balaban J connectivity index is 0.687. The second-order valence-electron chi connectivity index (χ2n) is 30.3. The second-order valence-corrected chi connectivity index (χ2v) is 30.3. The molecular weight excluding hydrogens is 1550 g/mol. The van der Waals surface area contributed by atoms with Crippen molar-refractivity contribution in [2.24, 2.45) is 0 Å². The minimum absolute atomic E-state index is 0.514. The van der Waals surface area contributed by atoms with E-state index in [-0.39, 0.29) is 0 Å². The summed E-state index contributed by atoms with van der Waals surface area (Å²) in [6.45, 7) is 10.6. The number of benzene rings is 10. The monoisotopic (exact) mass is 1680 g/mol. The SMILES string of the molecule is c1ccc(OCCCCCOc2cc(OCCCCCOc3ccccc3)cc(OCCCCCOc3cc(OCCCCCOc4cc(OCCCCCOc5ccccc5)cc(OCCCCCOc5ccccc5)c4)cc(OCCCCCOc4cc(OCCCCCOc5ccccc5)cc(OCCCCCOc5ccccc5)c4)c3)c2)cc1. The molecule has 10 rings (SSSR count). The third kappa shape index (κ3) is 42.8. The van der Waals surface area contributed by atoms with Gasteiger partial charge in [0.05, 0.1) is 119 Å². The molecule has 0 amide bonds. The van der Waals surface area contributed by atoms with E-state index >= 15 is 0 Å². The molecule has 10 aromatic rings. The predicted molar refractivity (Wildman–Crippen MR) is 488 cm³/mol. The lowest BCUT2D eigenvalue weighted by Crippen LogP contribution is -2.05. The van der Waals surface area contributed by atoms with Gasteiger partial charge < -0.3 is 85.3 Å². The minimum Gasteiger partial charge on any atom is -0.494 e. The summed E-state index contributed by atoms with van der Waals surface area (Å²) >= 11 is 0. The van der Waals surface area contributed by atoms with E-state index < -0.39 is 0 Å². The molecule has 0 aliphatic rings. The number of ether oxygens (including phenoxy) is 18. The first-order valence-electron chi connectivity index (χ1n) is 45.3. The van der Waals surface area contributed by atoms with Crippen molar-refractivity contribution in [2.75, 3.05) is 119 Å². The number of hydrogen-bond donors (Lipinski definition) is 0. The number of unbranched alkanes of at least 4 members (excludes halogenated alkanes) is 18. The summed E-state index contributed by atoms with van der Waals surface area (Å²) < 4.78 is 112. The van der Waals surface area contributed by atoms with Gasteiger partial charge in [-0.1, -0.05) is 109 Å². The summed E-state index contributed by atoms with van der Waals surface area (Å²) in [4.78, 5) is 0. The Morgan fingerprint density at radius 2 is 0.171 bits per heavy atom. The summed E-state index contributed by atoms with van der Waals surface area (Å²) in [5, 5.41) is 0. The second kappa shape index (κ2) is 61.0. The van der Waals surface area contributed by atoms with Crippen LogP contribution in [0.15, 0.2) is 255 Å². The third-order valence-electron chi connectivity index (χ3n) is 19.8. The number of hydrogen-bond acceptors (Lipinski definition) is 18. The van der Waals surface area contributed by atoms with Crippen molar-refractivity contribution in [1.29, 1.82) is 0 Å². The molecule has 0 fully saturated rings. The minimum atomic E-state index is 0.514. The van der Waals surface area contributed by atoms with Crippen molar-refractivity contribution < 1.29 is 85.3 Å². The maximum absolute atomic E-state index is 6.48. The Hall–Kier alpha value is -11.4. The summed E-state index contributed by atoms with van der Waals surface area (Å²) in [5.74, 6) is 14.0. The fraction of sp³-hybridized carbons (Fsp3) is 0.429. The van der Waals surface area contributed by atoms with Gasteiger partial charge in [0.2, 0.25) is 0 Å². The first-order chi connectivity index (χ1) is 61.0. The molecule has 0 saturated carbocycles. The van der Waals surface area contributed by atoms with E-state index in [0.29, 0.717) is 136 Å². The molecule has 0 bridgehead atoms. The van der Waals surface area contributed by atoms with E-state index in [1.54, 1.807) is 0 Å². The molecule has 0 aliphatic carbocycles.